The van der Waals surface area contributed by atoms with E-state index in [1.54, 1.807) is 17.9 Å². The SMILES string of the molecule is C=CCN(CCCC)C(=O)[C@@H]1N([C@@H](CC)CO)C(=O)[C@H]2[C@H](C(=O)OCC)[C@H]3O[C@@]12CC3Br. The highest BCUT2D eigenvalue weighted by molar-refractivity contribution is 9.09. The molecule has 1 spiro atoms. The first-order valence-corrected chi connectivity index (χ1v) is 12.6. The number of halogens is 1. The predicted octanol–water partition coefficient (Wildman–Crippen LogP) is 1.88. The van der Waals surface area contributed by atoms with Gasteiger partial charge < -0.3 is 24.4 Å². The molecular formula is C23H35BrN2O6. The van der Waals surface area contributed by atoms with Crippen molar-refractivity contribution in [3.8, 4) is 0 Å². The number of carbonyl (C=O) groups is 3. The Morgan fingerprint density at radius 3 is 2.72 bits per heavy atom. The number of carbonyl (C=O) groups excluding carboxylic acids is 3. The van der Waals surface area contributed by atoms with Crippen molar-refractivity contribution in [1.29, 1.82) is 0 Å². The normalized spacial score (nSPS) is 33.8. The number of fused-ring (bicyclic) bond motifs is 1. The van der Waals surface area contributed by atoms with E-state index in [0.29, 0.717) is 25.9 Å². The number of rotatable bonds is 11. The van der Waals surface area contributed by atoms with Crippen molar-refractivity contribution in [3.05, 3.63) is 12.7 Å². The second-order valence-electron chi connectivity index (χ2n) is 8.83. The monoisotopic (exact) mass is 514 g/mol. The largest absolute Gasteiger partial charge is 0.466 e. The topological polar surface area (TPSA) is 96.4 Å². The minimum atomic E-state index is -1.13. The lowest BCUT2D eigenvalue weighted by Crippen LogP contribution is -2.59. The molecule has 3 aliphatic heterocycles. The van der Waals surface area contributed by atoms with E-state index in [4.69, 9.17) is 9.47 Å². The molecule has 0 saturated carbocycles. The number of amides is 2. The Hall–Kier alpha value is -1.45. The number of esters is 1. The van der Waals surface area contributed by atoms with Crippen LogP contribution < -0.4 is 0 Å². The number of ether oxygens (including phenoxy) is 2. The molecular weight excluding hydrogens is 480 g/mol. The molecule has 0 aromatic rings. The summed E-state index contributed by atoms with van der Waals surface area (Å²) >= 11 is 3.63. The summed E-state index contributed by atoms with van der Waals surface area (Å²) in [6, 6.07) is -1.44. The molecule has 7 atom stereocenters. The van der Waals surface area contributed by atoms with Gasteiger partial charge in [-0.15, -0.1) is 6.58 Å². The van der Waals surface area contributed by atoms with E-state index in [2.05, 4.69) is 29.4 Å². The lowest BCUT2D eigenvalue weighted by molar-refractivity contribution is -0.156. The van der Waals surface area contributed by atoms with Gasteiger partial charge in [-0.1, -0.05) is 42.3 Å². The molecule has 8 nitrogen and oxygen atoms in total. The number of aliphatic hydroxyl groups excluding tert-OH is 1. The van der Waals surface area contributed by atoms with Crippen LogP contribution in [0.1, 0.15) is 46.5 Å². The first kappa shape index (κ1) is 25.2. The van der Waals surface area contributed by atoms with E-state index < -0.39 is 41.6 Å². The van der Waals surface area contributed by atoms with Crippen LogP contribution in [0.2, 0.25) is 0 Å². The average Bonchev–Trinajstić information content (AvgIpc) is 3.36. The van der Waals surface area contributed by atoms with Gasteiger partial charge in [0.2, 0.25) is 11.8 Å². The van der Waals surface area contributed by atoms with E-state index >= 15 is 0 Å². The standard InChI is InChI=1S/C23H35BrN2O6/c1-5-9-11-25(10-6-2)21(29)19-23-12-15(24)18(32-23)16(22(30)31-8-4)17(23)20(28)26(19)14(7-3)13-27/h6,14-19,27H,2,5,7-13H2,1,3-4H3/t14-,15?,16-,17+,18-,19-,23+/m0/s1. The highest BCUT2D eigenvalue weighted by atomic mass is 79.9. The van der Waals surface area contributed by atoms with Gasteiger partial charge in [0.25, 0.3) is 0 Å². The fourth-order valence-electron chi connectivity index (χ4n) is 5.63. The molecule has 1 N–H and O–H groups in total. The highest BCUT2D eigenvalue weighted by Crippen LogP contribution is 2.60. The van der Waals surface area contributed by atoms with Crippen LogP contribution in [0.5, 0.6) is 0 Å². The Morgan fingerprint density at radius 2 is 2.16 bits per heavy atom. The molecule has 2 bridgehead atoms. The lowest BCUT2D eigenvalue weighted by atomic mass is 9.70. The Morgan fingerprint density at radius 1 is 1.44 bits per heavy atom. The summed E-state index contributed by atoms with van der Waals surface area (Å²) in [6.45, 7) is 10.3. The molecule has 3 fully saturated rings. The zero-order valence-electron chi connectivity index (χ0n) is 19.2. The van der Waals surface area contributed by atoms with Gasteiger partial charge in [-0.25, -0.2) is 0 Å². The lowest BCUT2D eigenvalue weighted by Gasteiger charge is -2.39. The third-order valence-electron chi connectivity index (χ3n) is 7.04. The van der Waals surface area contributed by atoms with E-state index in [1.807, 2.05) is 6.92 Å². The van der Waals surface area contributed by atoms with Crippen molar-refractivity contribution in [3.63, 3.8) is 0 Å². The Balaban J connectivity index is 2.08. The van der Waals surface area contributed by atoms with E-state index in [-0.39, 0.29) is 29.9 Å². The predicted molar refractivity (Wildman–Crippen MR) is 122 cm³/mol. The van der Waals surface area contributed by atoms with Crippen molar-refractivity contribution >= 4 is 33.7 Å². The van der Waals surface area contributed by atoms with Gasteiger partial charge in [0.1, 0.15) is 11.6 Å². The van der Waals surface area contributed by atoms with Crippen molar-refractivity contribution in [2.45, 2.75) is 75.1 Å². The fourth-order valence-corrected chi connectivity index (χ4v) is 6.57. The molecule has 0 aromatic heterocycles. The molecule has 3 rings (SSSR count). The van der Waals surface area contributed by atoms with Crippen LogP contribution in [-0.2, 0) is 23.9 Å². The molecule has 1 unspecified atom stereocenters. The third kappa shape index (κ3) is 3.90. The summed E-state index contributed by atoms with van der Waals surface area (Å²) < 4.78 is 11.7. The zero-order chi connectivity index (χ0) is 23.6. The molecule has 3 aliphatic rings. The maximum atomic E-state index is 14.0. The molecule has 0 radical (unpaired) electrons. The highest BCUT2D eigenvalue weighted by Gasteiger charge is 2.77. The van der Waals surface area contributed by atoms with Gasteiger partial charge in [0, 0.05) is 17.9 Å². The summed E-state index contributed by atoms with van der Waals surface area (Å²) in [5.74, 6) is -2.57. The van der Waals surface area contributed by atoms with Crippen LogP contribution in [0.4, 0.5) is 0 Å². The van der Waals surface area contributed by atoms with Crippen LogP contribution >= 0.6 is 15.9 Å². The molecule has 0 aromatic carbocycles. The van der Waals surface area contributed by atoms with Gasteiger partial charge in [-0.05, 0) is 26.2 Å². The maximum absolute atomic E-state index is 14.0. The number of likely N-dealkylation sites (tertiary alicyclic amines) is 1. The summed E-state index contributed by atoms with van der Waals surface area (Å²) in [5, 5.41) is 10.1. The van der Waals surface area contributed by atoms with Crippen LogP contribution in [0.25, 0.3) is 0 Å². The van der Waals surface area contributed by atoms with Crippen LogP contribution in [-0.4, -0.2) is 87.6 Å². The van der Waals surface area contributed by atoms with Crippen molar-refractivity contribution in [2.75, 3.05) is 26.3 Å². The van der Waals surface area contributed by atoms with E-state index in [0.717, 1.165) is 12.8 Å². The smallest absolute Gasteiger partial charge is 0.312 e. The van der Waals surface area contributed by atoms with Crippen molar-refractivity contribution in [2.24, 2.45) is 11.8 Å². The third-order valence-corrected chi connectivity index (χ3v) is 7.88. The second-order valence-corrected chi connectivity index (χ2v) is 10.0. The number of nitrogens with zero attached hydrogens (tertiary/aromatic N) is 2. The minimum absolute atomic E-state index is 0.172. The van der Waals surface area contributed by atoms with Crippen LogP contribution in [0.3, 0.4) is 0 Å². The molecule has 3 heterocycles. The zero-order valence-corrected chi connectivity index (χ0v) is 20.8. The number of aliphatic hydroxyl groups is 1. The molecule has 32 heavy (non-hydrogen) atoms. The van der Waals surface area contributed by atoms with Gasteiger partial charge >= 0.3 is 5.97 Å². The molecule has 9 heteroatoms. The Kier molecular flexibility index (Phi) is 8.04. The van der Waals surface area contributed by atoms with Gasteiger partial charge in [-0.2, -0.15) is 0 Å². The fraction of sp³-hybridized carbons (Fsp3) is 0.783. The van der Waals surface area contributed by atoms with Crippen LogP contribution in [0.15, 0.2) is 12.7 Å². The summed E-state index contributed by atoms with van der Waals surface area (Å²) in [6.07, 6.45) is 3.81. The first-order valence-electron chi connectivity index (χ1n) is 11.6. The van der Waals surface area contributed by atoms with Gasteiger partial charge in [0.05, 0.1) is 37.2 Å². The van der Waals surface area contributed by atoms with E-state index in [9.17, 15) is 19.5 Å². The minimum Gasteiger partial charge on any atom is -0.466 e. The number of hydrogen-bond donors (Lipinski definition) is 1. The molecule has 180 valence electrons. The Bertz CT molecular complexity index is 744. The van der Waals surface area contributed by atoms with Crippen LogP contribution in [0, 0.1) is 11.8 Å². The van der Waals surface area contributed by atoms with Gasteiger partial charge in [-0.3, -0.25) is 14.4 Å². The van der Waals surface area contributed by atoms with Crippen molar-refractivity contribution in [1.82, 2.24) is 9.80 Å². The van der Waals surface area contributed by atoms with Crippen molar-refractivity contribution < 1.29 is 29.0 Å². The molecule has 3 saturated heterocycles. The first-order chi connectivity index (χ1) is 15.3. The van der Waals surface area contributed by atoms with Gasteiger partial charge in [0.15, 0.2) is 0 Å². The number of hydrogen-bond acceptors (Lipinski definition) is 6. The summed E-state index contributed by atoms with van der Waals surface area (Å²) in [5.41, 5.74) is -1.13. The maximum Gasteiger partial charge on any atom is 0.312 e. The quantitative estimate of drug-likeness (QED) is 0.257. The number of alkyl halides is 1. The Labute approximate surface area is 198 Å². The van der Waals surface area contributed by atoms with E-state index in [1.165, 1.54) is 4.90 Å². The number of unbranched alkanes of at least 4 members (excludes halogenated alkanes) is 1. The summed E-state index contributed by atoms with van der Waals surface area (Å²) in [7, 11) is 0. The summed E-state index contributed by atoms with van der Waals surface area (Å²) in [4.78, 5) is 43.7. The molecule has 2 amide bonds. The second kappa shape index (κ2) is 10.2. The average molecular weight is 515 g/mol. The molecule has 0 aliphatic carbocycles.